The summed E-state index contributed by atoms with van der Waals surface area (Å²) in [4.78, 5) is 17.8. The molecule has 2 aromatic carbocycles. The Balaban J connectivity index is 1.51. The van der Waals surface area contributed by atoms with Gasteiger partial charge in [0, 0.05) is 30.4 Å². The van der Waals surface area contributed by atoms with Crippen molar-refractivity contribution >= 4 is 12.1 Å². The second kappa shape index (κ2) is 10.9. The van der Waals surface area contributed by atoms with E-state index in [0.29, 0.717) is 31.1 Å². The van der Waals surface area contributed by atoms with Crippen molar-refractivity contribution in [2.45, 2.75) is 38.6 Å². The lowest BCUT2D eigenvalue weighted by atomic mass is 10.1. The molecular weight excluding hydrogens is 481 g/mol. The highest BCUT2D eigenvalue weighted by Gasteiger charge is 2.30. The van der Waals surface area contributed by atoms with Crippen molar-refractivity contribution in [3.63, 3.8) is 0 Å². The van der Waals surface area contributed by atoms with Crippen molar-refractivity contribution < 1.29 is 27.1 Å². The summed E-state index contributed by atoms with van der Waals surface area (Å²) >= 11 is 0. The lowest BCUT2D eigenvalue weighted by Crippen LogP contribution is -2.29. The number of alkyl halides is 3. The predicted molar refractivity (Wildman–Crippen MR) is 135 cm³/mol. The van der Waals surface area contributed by atoms with Crippen LogP contribution in [-0.4, -0.2) is 23.4 Å². The van der Waals surface area contributed by atoms with Gasteiger partial charge in [0.1, 0.15) is 11.6 Å². The maximum atomic E-state index is 13.0. The first kappa shape index (κ1) is 26.0. The maximum absolute atomic E-state index is 13.0. The molecule has 0 amide bonds. The van der Waals surface area contributed by atoms with Crippen LogP contribution in [0.5, 0.6) is 5.75 Å². The average Bonchev–Trinajstić information content (AvgIpc) is 3.42. The number of halogens is 3. The molecule has 0 aliphatic heterocycles. The minimum absolute atomic E-state index is 0.394. The van der Waals surface area contributed by atoms with Gasteiger partial charge in [-0.05, 0) is 73.9 Å². The molecular formula is C29H27F3N2O3. The first-order valence-electron chi connectivity index (χ1n) is 11.8. The standard InChI is InChI=1S/C29H27F3N2O3/c1-28(2,20-35)37-26-10-5-21(6-11-26)13-15-34(18-22-3-8-25(9-4-22)29(30,31)32)27-12-7-23(17-33-27)24-14-16-36-19-24/h3-12,14,16-17,19-20H,13,15,18H2,1-2H3. The Bertz CT molecular complexity index is 1280. The topological polar surface area (TPSA) is 55.6 Å². The van der Waals surface area contributed by atoms with Crippen LogP contribution in [0.3, 0.4) is 0 Å². The quantitative estimate of drug-likeness (QED) is 0.217. The van der Waals surface area contributed by atoms with Gasteiger partial charge in [0.05, 0.1) is 18.1 Å². The first-order valence-corrected chi connectivity index (χ1v) is 11.8. The van der Waals surface area contributed by atoms with Gasteiger partial charge < -0.3 is 14.1 Å². The van der Waals surface area contributed by atoms with Crippen LogP contribution in [0.2, 0.25) is 0 Å². The van der Waals surface area contributed by atoms with Crippen molar-refractivity contribution in [1.82, 2.24) is 4.98 Å². The van der Waals surface area contributed by atoms with E-state index in [-0.39, 0.29) is 0 Å². The van der Waals surface area contributed by atoms with Crippen molar-refractivity contribution in [3.8, 4) is 16.9 Å². The third-order valence-corrected chi connectivity index (χ3v) is 5.84. The fraction of sp³-hybridized carbons (Fsp3) is 0.241. The van der Waals surface area contributed by atoms with E-state index in [9.17, 15) is 18.0 Å². The number of hydrogen-bond acceptors (Lipinski definition) is 5. The highest BCUT2D eigenvalue weighted by atomic mass is 19.4. The number of furan rings is 1. The molecule has 0 bridgehead atoms. The number of benzene rings is 2. The number of carbonyl (C=O) groups excluding carboxylic acids is 1. The lowest BCUT2D eigenvalue weighted by Gasteiger charge is -2.25. The van der Waals surface area contributed by atoms with Crippen LogP contribution < -0.4 is 9.64 Å². The second-order valence-corrected chi connectivity index (χ2v) is 9.25. The molecule has 0 spiro atoms. The summed E-state index contributed by atoms with van der Waals surface area (Å²) in [6.07, 6.45) is 2.03. The number of nitrogens with zero attached hydrogens (tertiary/aromatic N) is 2. The van der Waals surface area contributed by atoms with E-state index in [2.05, 4.69) is 4.98 Å². The molecule has 0 saturated carbocycles. The number of pyridine rings is 1. The molecule has 192 valence electrons. The smallest absolute Gasteiger partial charge is 0.416 e. The van der Waals surface area contributed by atoms with E-state index in [1.54, 1.807) is 32.6 Å². The summed E-state index contributed by atoms with van der Waals surface area (Å²) in [6.45, 7) is 4.36. The Morgan fingerprint density at radius 1 is 0.919 bits per heavy atom. The molecule has 0 atom stereocenters. The third kappa shape index (κ3) is 7.00. The van der Waals surface area contributed by atoms with Crippen LogP contribution in [0.25, 0.3) is 11.1 Å². The van der Waals surface area contributed by atoms with E-state index in [1.807, 2.05) is 47.4 Å². The van der Waals surface area contributed by atoms with E-state index in [1.165, 1.54) is 12.1 Å². The zero-order chi connectivity index (χ0) is 26.5. The van der Waals surface area contributed by atoms with Crippen LogP contribution in [0, 0.1) is 0 Å². The number of aldehydes is 1. The SMILES string of the molecule is CC(C)(C=O)Oc1ccc(CCN(Cc2ccc(C(F)(F)F)cc2)c2ccc(-c3ccoc3)cn2)cc1. The van der Waals surface area contributed by atoms with Gasteiger partial charge >= 0.3 is 6.18 Å². The van der Waals surface area contributed by atoms with Crippen LogP contribution in [0.1, 0.15) is 30.5 Å². The molecule has 0 unspecified atom stereocenters. The van der Waals surface area contributed by atoms with Gasteiger partial charge in [-0.2, -0.15) is 13.2 Å². The second-order valence-electron chi connectivity index (χ2n) is 9.25. The van der Waals surface area contributed by atoms with Crippen molar-refractivity contribution in [2.24, 2.45) is 0 Å². The summed E-state index contributed by atoms with van der Waals surface area (Å²) in [6, 6.07) is 18.4. The molecule has 0 radical (unpaired) electrons. The Morgan fingerprint density at radius 3 is 2.19 bits per heavy atom. The number of anilines is 1. The van der Waals surface area contributed by atoms with Gasteiger partial charge in [0.15, 0.2) is 11.9 Å². The summed E-state index contributed by atoms with van der Waals surface area (Å²) in [5, 5.41) is 0. The monoisotopic (exact) mass is 508 g/mol. The molecule has 0 fully saturated rings. The number of ether oxygens (including phenoxy) is 1. The van der Waals surface area contributed by atoms with Crippen LogP contribution in [0.15, 0.2) is 89.9 Å². The van der Waals surface area contributed by atoms with Crippen molar-refractivity contribution in [3.05, 3.63) is 102 Å². The Labute approximate surface area is 213 Å². The number of carbonyl (C=O) groups is 1. The zero-order valence-electron chi connectivity index (χ0n) is 20.5. The van der Waals surface area contributed by atoms with Gasteiger partial charge in [-0.3, -0.25) is 4.79 Å². The van der Waals surface area contributed by atoms with E-state index >= 15 is 0 Å². The van der Waals surface area contributed by atoms with E-state index < -0.39 is 17.3 Å². The van der Waals surface area contributed by atoms with E-state index in [4.69, 9.17) is 9.15 Å². The molecule has 2 heterocycles. The van der Waals surface area contributed by atoms with Crippen LogP contribution in [0.4, 0.5) is 19.0 Å². The van der Waals surface area contributed by atoms with Gasteiger partial charge in [0.2, 0.25) is 0 Å². The normalized spacial score (nSPS) is 11.8. The molecule has 2 aromatic heterocycles. The molecule has 4 rings (SSSR count). The molecule has 0 aliphatic rings. The van der Waals surface area contributed by atoms with Gasteiger partial charge in [-0.1, -0.05) is 24.3 Å². The van der Waals surface area contributed by atoms with Gasteiger partial charge in [0.25, 0.3) is 0 Å². The maximum Gasteiger partial charge on any atom is 0.416 e. The highest BCUT2D eigenvalue weighted by Crippen LogP contribution is 2.30. The Kier molecular flexibility index (Phi) is 7.66. The highest BCUT2D eigenvalue weighted by molar-refractivity contribution is 5.63. The predicted octanol–water partition coefficient (Wildman–Crippen LogP) is 6.97. The fourth-order valence-corrected chi connectivity index (χ4v) is 3.78. The van der Waals surface area contributed by atoms with Crippen molar-refractivity contribution in [2.75, 3.05) is 11.4 Å². The summed E-state index contributed by atoms with van der Waals surface area (Å²) < 4.78 is 49.8. The first-order chi connectivity index (χ1) is 17.6. The lowest BCUT2D eigenvalue weighted by molar-refractivity contribution is -0.137. The van der Waals surface area contributed by atoms with Crippen LogP contribution >= 0.6 is 0 Å². The Hall–Kier alpha value is -4.07. The zero-order valence-corrected chi connectivity index (χ0v) is 20.5. The summed E-state index contributed by atoms with van der Waals surface area (Å²) in [5.74, 6) is 1.30. The number of aromatic nitrogens is 1. The summed E-state index contributed by atoms with van der Waals surface area (Å²) in [5.41, 5.74) is 2.02. The molecule has 4 aromatic rings. The molecule has 37 heavy (non-hydrogen) atoms. The van der Waals surface area contributed by atoms with Gasteiger partial charge in [-0.25, -0.2) is 4.98 Å². The summed E-state index contributed by atoms with van der Waals surface area (Å²) in [7, 11) is 0. The largest absolute Gasteiger partial charge is 0.480 e. The minimum atomic E-state index is -4.38. The molecule has 0 N–H and O–H groups in total. The Morgan fingerprint density at radius 2 is 1.62 bits per heavy atom. The average molecular weight is 509 g/mol. The van der Waals surface area contributed by atoms with Crippen molar-refractivity contribution in [1.29, 1.82) is 0 Å². The molecule has 5 nitrogen and oxygen atoms in total. The third-order valence-electron chi connectivity index (χ3n) is 5.84. The molecule has 8 heteroatoms. The minimum Gasteiger partial charge on any atom is -0.480 e. The fourth-order valence-electron chi connectivity index (χ4n) is 3.78. The molecule has 0 saturated heterocycles. The number of rotatable bonds is 10. The van der Waals surface area contributed by atoms with E-state index in [0.717, 1.165) is 40.7 Å². The molecule has 0 aliphatic carbocycles. The van der Waals surface area contributed by atoms with Crippen LogP contribution in [-0.2, 0) is 23.9 Å². The van der Waals surface area contributed by atoms with Gasteiger partial charge in [-0.15, -0.1) is 0 Å². The number of hydrogen-bond donors (Lipinski definition) is 0.